The van der Waals surface area contributed by atoms with Crippen molar-refractivity contribution in [3.05, 3.63) is 34.2 Å². The third-order valence-electron chi connectivity index (χ3n) is 2.38. The molecule has 0 N–H and O–H groups in total. The largest absolute Gasteiger partial charge is 0.233 e. The molecule has 0 atom stereocenters. The maximum atomic E-state index is 6.04. The summed E-state index contributed by atoms with van der Waals surface area (Å²) in [7, 11) is 0. The molecule has 1 heterocycles. The number of hydrogen-bond donors (Lipinski definition) is 0. The van der Waals surface area contributed by atoms with Crippen LogP contribution in [0.15, 0.2) is 12.1 Å². The van der Waals surface area contributed by atoms with Crippen LogP contribution in [-0.4, -0.2) is 9.97 Å². The van der Waals surface area contributed by atoms with E-state index >= 15 is 0 Å². The van der Waals surface area contributed by atoms with E-state index in [-0.39, 0.29) is 0 Å². The van der Waals surface area contributed by atoms with Crippen molar-refractivity contribution in [2.75, 3.05) is 0 Å². The van der Waals surface area contributed by atoms with Crippen LogP contribution in [0.25, 0.3) is 10.9 Å². The van der Waals surface area contributed by atoms with E-state index in [1.54, 1.807) is 0 Å². The predicted octanol–water partition coefficient (Wildman–Crippen LogP) is 3.21. The number of aryl methyl sites for hydroxylation is 3. The van der Waals surface area contributed by atoms with Crippen LogP contribution in [0.3, 0.4) is 0 Å². The van der Waals surface area contributed by atoms with E-state index in [9.17, 15) is 0 Å². The van der Waals surface area contributed by atoms with Crippen LogP contribution >= 0.6 is 11.6 Å². The Morgan fingerprint density at radius 1 is 1.00 bits per heavy atom. The van der Waals surface area contributed by atoms with Crippen LogP contribution in [0.4, 0.5) is 0 Å². The summed E-state index contributed by atoms with van der Waals surface area (Å²) in [4.78, 5) is 8.47. The first-order valence-corrected chi connectivity index (χ1v) is 4.87. The summed E-state index contributed by atoms with van der Waals surface area (Å²) in [5.74, 6) is 0.714. The Balaban J connectivity index is 2.89. The van der Waals surface area contributed by atoms with E-state index in [2.05, 4.69) is 23.8 Å². The lowest BCUT2D eigenvalue weighted by atomic mass is 10.1. The van der Waals surface area contributed by atoms with E-state index < -0.39 is 0 Å². The molecule has 72 valence electrons. The molecule has 0 aliphatic carbocycles. The monoisotopic (exact) mass is 206 g/mol. The predicted molar refractivity (Wildman–Crippen MR) is 58.8 cm³/mol. The van der Waals surface area contributed by atoms with Crippen molar-refractivity contribution >= 4 is 22.5 Å². The lowest BCUT2D eigenvalue weighted by molar-refractivity contribution is 1.09. The van der Waals surface area contributed by atoms with E-state index in [0.29, 0.717) is 11.0 Å². The third kappa shape index (κ3) is 1.46. The minimum absolute atomic E-state index is 0.538. The van der Waals surface area contributed by atoms with Gasteiger partial charge in [0.05, 0.1) is 5.52 Å². The fourth-order valence-electron chi connectivity index (χ4n) is 1.46. The van der Waals surface area contributed by atoms with Gasteiger partial charge in [-0.25, -0.2) is 9.97 Å². The van der Waals surface area contributed by atoms with Crippen LogP contribution in [0.1, 0.15) is 17.0 Å². The highest BCUT2D eigenvalue weighted by atomic mass is 35.5. The zero-order chi connectivity index (χ0) is 10.3. The van der Waals surface area contributed by atoms with E-state index in [1.807, 2.05) is 19.1 Å². The normalized spacial score (nSPS) is 10.9. The van der Waals surface area contributed by atoms with Crippen molar-refractivity contribution in [3.8, 4) is 0 Å². The summed E-state index contributed by atoms with van der Waals surface area (Å²) in [5.41, 5.74) is 3.36. The van der Waals surface area contributed by atoms with Gasteiger partial charge in [-0.2, -0.15) is 0 Å². The molecule has 3 heteroatoms. The van der Waals surface area contributed by atoms with E-state index in [4.69, 9.17) is 11.6 Å². The standard InChI is InChI=1S/C11H11ClN2/c1-6-4-9-10(5-7(6)2)13-8(3)14-11(9)12/h4-5H,1-3H3. The third-order valence-corrected chi connectivity index (χ3v) is 2.66. The summed E-state index contributed by atoms with van der Waals surface area (Å²) in [6, 6.07) is 4.08. The number of halogens is 1. The van der Waals surface area contributed by atoms with Gasteiger partial charge in [0, 0.05) is 5.39 Å². The molecule has 0 spiro atoms. The summed E-state index contributed by atoms with van der Waals surface area (Å²) < 4.78 is 0. The van der Waals surface area contributed by atoms with Crippen LogP contribution in [0.5, 0.6) is 0 Å². The van der Waals surface area contributed by atoms with Crippen LogP contribution in [-0.2, 0) is 0 Å². The molecule has 2 nitrogen and oxygen atoms in total. The number of fused-ring (bicyclic) bond motifs is 1. The topological polar surface area (TPSA) is 25.8 Å². The van der Waals surface area contributed by atoms with Gasteiger partial charge in [0.1, 0.15) is 11.0 Å². The summed E-state index contributed by atoms with van der Waals surface area (Å²) in [5, 5.41) is 1.47. The molecule has 2 rings (SSSR count). The minimum atomic E-state index is 0.538. The Morgan fingerprint density at radius 2 is 1.64 bits per heavy atom. The summed E-state index contributed by atoms with van der Waals surface area (Å²) in [6.07, 6.45) is 0. The Labute approximate surface area is 88.0 Å². The van der Waals surface area contributed by atoms with Gasteiger partial charge in [-0.1, -0.05) is 11.6 Å². The molecule has 14 heavy (non-hydrogen) atoms. The number of rotatable bonds is 0. The minimum Gasteiger partial charge on any atom is -0.233 e. The Morgan fingerprint density at radius 3 is 2.36 bits per heavy atom. The lowest BCUT2D eigenvalue weighted by Gasteiger charge is -2.05. The van der Waals surface area contributed by atoms with Crippen molar-refractivity contribution < 1.29 is 0 Å². The molecule has 0 aliphatic heterocycles. The van der Waals surface area contributed by atoms with Crippen LogP contribution in [0, 0.1) is 20.8 Å². The molecular weight excluding hydrogens is 196 g/mol. The zero-order valence-electron chi connectivity index (χ0n) is 8.43. The second-order valence-electron chi connectivity index (χ2n) is 3.52. The van der Waals surface area contributed by atoms with Gasteiger partial charge in [0.25, 0.3) is 0 Å². The molecular formula is C11H11ClN2. The Hall–Kier alpha value is -1.15. The van der Waals surface area contributed by atoms with Gasteiger partial charge >= 0.3 is 0 Å². The fraction of sp³-hybridized carbons (Fsp3) is 0.273. The SMILES string of the molecule is Cc1nc(Cl)c2cc(C)c(C)cc2n1. The van der Waals surface area contributed by atoms with Gasteiger partial charge in [0.2, 0.25) is 0 Å². The van der Waals surface area contributed by atoms with Gasteiger partial charge in [-0.3, -0.25) is 0 Å². The average molecular weight is 207 g/mol. The molecule has 1 aromatic carbocycles. The van der Waals surface area contributed by atoms with Crippen LogP contribution in [0.2, 0.25) is 5.15 Å². The van der Waals surface area contributed by atoms with Crippen molar-refractivity contribution in [2.45, 2.75) is 20.8 Å². The molecule has 2 aromatic rings. The Bertz CT molecular complexity index is 506. The average Bonchev–Trinajstić information content (AvgIpc) is 2.08. The fourth-order valence-corrected chi connectivity index (χ4v) is 1.73. The summed E-state index contributed by atoms with van der Waals surface area (Å²) >= 11 is 6.04. The van der Waals surface area contributed by atoms with Gasteiger partial charge in [-0.15, -0.1) is 0 Å². The van der Waals surface area contributed by atoms with Gasteiger partial charge in [-0.05, 0) is 44.0 Å². The van der Waals surface area contributed by atoms with Gasteiger partial charge in [0.15, 0.2) is 0 Å². The van der Waals surface area contributed by atoms with Crippen molar-refractivity contribution in [1.29, 1.82) is 0 Å². The molecule has 0 radical (unpaired) electrons. The molecule has 0 aliphatic rings. The van der Waals surface area contributed by atoms with Crippen molar-refractivity contribution in [3.63, 3.8) is 0 Å². The number of hydrogen-bond acceptors (Lipinski definition) is 2. The van der Waals surface area contributed by atoms with E-state index in [1.165, 1.54) is 11.1 Å². The quantitative estimate of drug-likeness (QED) is 0.619. The van der Waals surface area contributed by atoms with Crippen LogP contribution < -0.4 is 0 Å². The molecule has 1 aromatic heterocycles. The second-order valence-corrected chi connectivity index (χ2v) is 3.87. The first-order chi connectivity index (χ1) is 6.58. The smallest absolute Gasteiger partial charge is 0.140 e. The first kappa shape index (κ1) is 9.41. The first-order valence-electron chi connectivity index (χ1n) is 4.49. The maximum Gasteiger partial charge on any atom is 0.140 e. The van der Waals surface area contributed by atoms with Crippen molar-refractivity contribution in [2.24, 2.45) is 0 Å². The molecule has 0 amide bonds. The highest BCUT2D eigenvalue weighted by Gasteiger charge is 2.05. The van der Waals surface area contributed by atoms with E-state index in [0.717, 1.165) is 10.9 Å². The molecule has 0 saturated heterocycles. The van der Waals surface area contributed by atoms with Gasteiger partial charge < -0.3 is 0 Å². The molecule has 0 saturated carbocycles. The number of nitrogens with zero attached hydrogens (tertiary/aromatic N) is 2. The highest BCUT2D eigenvalue weighted by Crippen LogP contribution is 2.23. The molecule has 0 unspecified atom stereocenters. The molecule has 0 bridgehead atoms. The highest BCUT2D eigenvalue weighted by molar-refractivity contribution is 6.34. The summed E-state index contributed by atoms with van der Waals surface area (Å²) in [6.45, 7) is 5.98. The van der Waals surface area contributed by atoms with Crippen molar-refractivity contribution in [1.82, 2.24) is 9.97 Å². The maximum absolute atomic E-state index is 6.04. The second kappa shape index (κ2) is 3.21. The number of benzene rings is 1. The Kier molecular flexibility index (Phi) is 2.16. The zero-order valence-corrected chi connectivity index (χ0v) is 9.18. The lowest BCUT2D eigenvalue weighted by Crippen LogP contribution is -1.92. The molecule has 0 fully saturated rings. The number of aromatic nitrogens is 2.